The molecule has 0 spiro atoms. The van der Waals surface area contributed by atoms with Crippen molar-refractivity contribution in [2.24, 2.45) is 0 Å². The Morgan fingerprint density at radius 3 is 1.89 bits per heavy atom. The van der Waals surface area contributed by atoms with Crippen LogP contribution < -0.4 is 10.6 Å². The molecule has 3 rings (SSSR count). The second-order valence-electron chi connectivity index (χ2n) is 7.13. The van der Waals surface area contributed by atoms with E-state index in [9.17, 15) is 24.3 Å². The molecule has 37 heavy (non-hydrogen) atoms. The Hall–Kier alpha value is -2.66. The molecule has 0 aliphatic carbocycles. The van der Waals surface area contributed by atoms with Gasteiger partial charge < -0.3 is 20.8 Å². The van der Waals surface area contributed by atoms with Crippen molar-refractivity contribution in [1.29, 1.82) is 0 Å². The van der Waals surface area contributed by atoms with Crippen LogP contribution in [0.1, 0.15) is 31.1 Å². The van der Waals surface area contributed by atoms with Crippen molar-refractivity contribution in [3.05, 3.63) is 84.3 Å². The van der Waals surface area contributed by atoms with E-state index in [1.165, 1.54) is 42.1 Å². The van der Waals surface area contributed by atoms with Gasteiger partial charge in [-0.05, 0) is 42.5 Å². The Balaban J connectivity index is 1.67. The number of carboxylic acids is 2. The average Bonchev–Trinajstić information content (AvgIpc) is 2.85. The fourth-order valence-corrected chi connectivity index (χ4v) is 4.85. The van der Waals surface area contributed by atoms with Crippen molar-refractivity contribution in [3.8, 4) is 0 Å². The summed E-state index contributed by atoms with van der Waals surface area (Å²) in [6, 6.07) is 10.2. The van der Waals surface area contributed by atoms with E-state index in [1.54, 1.807) is 12.1 Å². The number of amides is 2. The number of rotatable bonds is 8. The summed E-state index contributed by atoms with van der Waals surface area (Å²) in [5.41, 5.74) is -0.595. The van der Waals surface area contributed by atoms with Crippen LogP contribution in [0.2, 0.25) is 25.1 Å². The number of anilines is 2. The molecule has 4 N–H and O–H groups in total. The molecule has 0 saturated carbocycles. The normalized spacial score (nSPS) is 10.6. The molecule has 0 fully saturated rings. The number of aromatic carboxylic acids is 2. The van der Waals surface area contributed by atoms with E-state index in [-0.39, 0.29) is 37.1 Å². The number of hydrogen-bond donors (Lipinski definition) is 4. The zero-order valence-corrected chi connectivity index (χ0v) is 22.7. The summed E-state index contributed by atoms with van der Waals surface area (Å²) in [6.07, 6.45) is 0. The van der Waals surface area contributed by atoms with Crippen molar-refractivity contribution < 1.29 is 29.4 Å². The lowest BCUT2D eigenvalue weighted by Crippen LogP contribution is -2.18. The van der Waals surface area contributed by atoms with E-state index in [0.717, 1.165) is 0 Å². The summed E-state index contributed by atoms with van der Waals surface area (Å²) in [7, 11) is 0. The Kier molecular flexibility index (Phi) is 9.57. The van der Waals surface area contributed by atoms with E-state index in [1.807, 2.05) is 0 Å². The third-order valence-electron chi connectivity index (χ3n) is 4.68. The van der Waals surface area contributed by atoms with E-state index >= 15 is 0 Å². The Morgan fingerprint density at radius 1 is 0.730 bits per heavy atom. The molecule has 3 aromatic carbocycles. The molecule has 2 amide bonds. The molecule has 0 atom stereocenters. The number of nitrogens with one attached hydrogen (secondary N) is 2. The number of halogens is 5. The molecule has 3 aromatic rings. The van der Waals surface area contributed by atoms with Gasteiger partial charge in [0.2, 0.25) is 5.91 Å². The summed E-state index contributed by atoms with van der Waals surface area (Å²) >= 11 is 31.1. The Morgan fingerprint density at radius 2 is 1.32 bits per heavy atom. The van der Waals surface area contributed by atoms with Crippen LogP contribution in [-0.2, 0) is 4.79 Å². The first-order chi connectivity index (χ1) is 17.4. The van der Waals surface area contributed by atoms with Crippen LogP contribution in [0.4, 0.5) is 11.4 Å². The molecular formula is C23H13Cl5N2O6S. The van der Waals surface area contributed by atoms with E-state index in [0.29, 0.717) is 10.6 Å². The van der Waals surface area contributed by atoms with Crippen LogP contribution in [-0.4, -0.2) is 39.7 Å². The van der Waals surface area contributed by atoms with Gasteiger partial charge in [-0.3, -0.25) is 9.59 Å². The van der Waals surface area contributed by atoms with Gasteiger partial charge in [0.1, 0.15) is 0 Å². The number of benzene rings is 3. The lowest BCUT2D eigenvalue weighted by Gasteiger charge is -2.14. The highest BCUT2D eigenvalue weighted by Gasteiger charge is 2.29. The summed E-state index contributed by atoms with van der Waals surface area (Å²) < 4.78 is 0. The highest BCUT2D eigenvalue weighted by atomic mass is 35.5. The fourth-order valence-electron chi connectivity index (χ4n) is 2.96. The van der Waals surface area contributed by atoms with Crippen molar-refractivity contribution in [3.63, 3.8) is 0 Å². The average molecular weight is 623 g/mol. The van der Waals surface area contributed by atoms with Crippen LogP contribution in [0.25, 0.3) is 0 Å². The standard InChI is InChI=1S/C23H13Cl5N2O6S/c24-12-6-1-9(22(33)34)7-13(12)30-14(31)8-37-11-4-2-10(3-5-11)29-21(32)15-16(23(35)36)18(26)20(28)19(27)17(15)25/h1-7H,8H2,(H,29,32)(H,30,31)(H,33,34)(H,35,36). The monoisotopic (exact) mass is 620 g/mol. The van der Waals surface area contributed by atoms with Crippen LogP contribution in [0.3, 0.4) is 0 Å². The maximum Gasteiger partial charge on any atom is 0.338 e. The number of carbonyl (C=O) groups excluding carboxylic acids is 2. The highest BCUT2D eigenvalue weighted by Crippen LogP contribution is 2.41. The second-order valence-corrected chi connectivity index (χ2v) is 10.1. The number of thioether (sulfide) groups is 1. The van der Waals surface area contributed by atoms with Crippen molar-refractivity contribution in [2.75, 3.05) is 16.4 Å². The van der Waals surface area contributed by atoms with Gasteiger partial charge >= 0.3 is 11.9 Å². The molecule has 0 bridgehead atoms. The first kappa shape index (κ1) is 28.9. The molecule has 14 heteroatoms. The predicted octanol–water partition coefficient (Wildman–Crippen LogP) is 7.33. The highest BCUT2D eigenvalue weighted by molar-refractivity contribution is 8.00. The quantitative estimate of drug-likeness (QED) is 0.117. The third-order valence-corrected chi connectivity index (χ3v) is 7.82. The minimum absolute atomic E-state index is 0.0152. The van der Waals surface area contributed by atoms with Crippen LogP contribution >= 0.6 is 69.8 Å². The largest absolute Gasteiger partial charge is 0.478 e. The maximum absolute atomic E-state index is 12.8. The molecule has 0 aliphatic rings. The number of carboxylic acid groups (broad SMARTS) is 2. The molecule has 8 nitrogen and oxygen atoms in total. The predicted molar refractivity (Wildman–Crippen MR) is 146 cm³/mol. The summed E-state index contributed by atoms with van der Waals surface area (Å²) in [5, 5.41) is 22.5. The minimum atomic E-state index is -1.52. The second kappa shape index (κ2) is 12.3. The molecule has 0 radical (unpaired) electrons. The van der Waals surface area contributed by atoms with Gasteiger partial charge in [0.15, 0.2) is 0 Å². The lowest BCUT2D eigenvalue weighted by molar-refractivity contribution is -0.113. The Bertz CT molecular complexity index is 1430. The van der Waals surface area contributed by atoms with Crippen molar-refractivity contribution in [2.45, 2.75) is 4.90 Å². The summed E-state index contributed by atoms with van der Waals surface area (Å²) in [4.78, 5) is 48.6. The minimum Gasteiger partial charge on any atom is -0.478 e. The summed E-state index contributed by atoms with van der Waals surface area (Å²) in [6.45, 7) is 0. The molecule has 0 aromatic heterocycles. The SMILES string of the molecule is O=C(CSc1ccc(NC(=O)c2c(Cl)c(Cl)c(Cl)c(Cl)c2C(=O)O)cc1)Nc1cc(C(=O)O)ccc1Cl. The molecule has 0 aliphatic heterocycles. The van der Waals surface area contributed by atoms with E-state index in [4.69, 9.17) is 63.1 Å². The zero-order chi connectivity index (χ0) is 27.4. The van der Waals surface area contributed by atoms with Gasteiger partial charge in [0, 0.05) is 10.6 Å². The van der Waals surface area contributed by atoms with Crippen LogP contribution in [0.15, 0.2) is 47.4 Å². The van der Waals surface area contributed by atoms with Crippen LogP contribution in [0.5, 0.6) is 0 Å². The first-order valence-electron chi connectivity index (χ1n) is 9.86. The van der Waals surface area contributed by atoms with Crippen LogP contribution in [0, 0.1) is 0 Å². The van der Waals surface area contributed by atoms with Gasteiger partial charge in [-0.2, -0.15) is 0 Å². The van der Waals surface area contributed by atoms with Gasteiger partial charge in [0.05, 0.1) is 53.2 Å². The maximum atomic E-state index is 12.8. The summed E-state index contributed by atoms with van der Waals surface area (Å²) in [5.74, 6) is -3.98. The first-order valence-corrected chi connectivity index (χ1v) is 12.7. The molecular weight excluding hydrogens is 610 g/mol. The molecule has 0 heterocycles. The topological polar surface area (TPSA) is 133 Å². The Labute approximate surface area is 238 Å². The van der Waals surface area contributed by atoms with E-state index in [2.05, 4.69) is 10.6 Å². The van der Waals surface area contributed by atoms with Gasteiger partial charge in [-0.1, -0.05) is 58.0 Å². The molecule has 0 unspecified atom stereocenters. The number of carbonyl (C=O) groups is 4. The van der Waals surface area contributed by atoms with Gasteiger partial charge in [-0.15, -0.1) is 11.8 Å². The van der Waals surface area contributed by atoms with E-state index < -0.39 is 39.9 Å². The van der Waals surface area contributed by atoms with Gasteiger partial charge in [0.25, 0.3) is 5.91 Å². The third kappa shape index (κ3) is 6.81. The molecule has 192 valence electrons. The number of hydrogen-bond acceptors (Lipinski definition) is 5. The smallest absolute Gasteiger partial charge is 0.338 e. The molecule has 0 saturated heterocycles. The van der Waals surface area contributed by atoms with Crippen molar-refractivity contribution in [1.82, 2.24) is 0 Å². The fraction of sp³-hybridized carbons (Fsp3) is 0.0435. The zero-order valence-electron chi connectivity index (χ0n) is 18.1. The van der Waals surface area contributed by atoms with Gasteiger partial charge in [-0.25, -0.2) is 9.59 Å². The lowest BCUT2D eigenvalue weighted by atomic mass is 10.1. The van der Waals surface area contributed by atoms with Crippen molar-refractivity contribution >= 4 is 105 Å².